The third kappa shape index (κ3) is 3.06. The number of benzene rings is 2. The second kappa shape index (κ2) is 5.75. The minimum Gasteiger partial charge on any atom is -0.377 e. The van der Waals surface area contributed by atoms with Crippen LogP contribution in [0.1, 0.15) is 11.6 Å². The van der Waals surface area contributed by atoms with Crippen LogP contribution in [0.15, 0.2) is 42.5 Å². The van der Waals surface area contributed by atoms with Crippen LogP contribution in [-0.2, 0) is 0 Å². The SMILES string of the molecule is NCC(Nc1cccc(F)c1)c1cccc(F)c1F. The average Bonchev–Trinajstić information content (AvgIpc) is 2.40. The minimum absolute atomic E-state index is 0.0525. The number of halogens is 3. The van der Waals surface area contributed by atoms with Gasteiger partial charge >= 0.3 is 0 Å². The van der Waals surface area contributed by atoms with E-state index in [0.717, 1.165) is 6.07 Å². The molecular formula is C14H13F3N2. The van der Waals surface area contributed by atoms with Crippen molar-refractivity contribution >= 4 is 5.69 Å². The van der Waals surface area contributed by atoms with Crippen molar-refractivity contribution < 1.29 is 13.2 Å². The smallest absolute Gasteiger partial charge is 0.164 e. The molecule has 1 unspecified atom stereocenters. The van der Waals surface area contributed by atoms with E-state index >= 15 is 0 Å². The summed E-state index contributed by atoms with van der Waals surface area (Å²) in [5.41, 5.74) is 6.14. The lowest BCUT2D eigenvalue weighted by atomic mass is 10.1. The van der Waals surface area contributed by atoms with E-state index in [2.05, 4.69) is 5.32 Å². The summed E-state index contributed by atoms with van der Waals surface area (Å²) in [5.74, 6) is -2.29. The van der Waals surface area contributed by atoms with E-state index < -0.39 is 23.5 Å². The summed E-state index contributed by atoms with van der Waals surface area (Å²) in [6.45, 7) is 0.0525. The minimum atomic E-state index is -0.943. The maximum absolute atomic E-state index is 13.7. The highest BCUT2D eigenvalue weighted by atomic mass is 19.2. The maximum atomic E-state index is 13.7. The second-order valence-electron chi connectivity index (χ2n) is 4.09. The zero-order chi connectivity index (χ0) is 13.8. The van der Waals surface area contributed by atoms with Crippen molar-refractivity contribution in [1.29, 1.82) is 0 Å². The molecule has 0 aliphatic heterocycles. The predicted octanol–water partition coefficient (Wildman–Crippen LogP) is 3.22. The molecule has 100 valence electrons. The molecule has 5 heteroatoms. The molecule has 0 aliphatic rings. The fourth-order valence-corrected chi connectivity index (χ4v) is 1.83. The zero-order valence-electron chi connectivity index (χ0n) is 10.0. The third-order valence-electron chi connectivity index (χ3n) is 2.76. The molecule has 0 saturated heterocycles. The lowest BCUT2D eigenvalue weighted by Gasteiger charge is -2.19. The van der Waals surface area contributed by atoms with Crippen molar-refractivity contribution in [3.05, 3.63) is 65.5 Å². The average molecular weight is 266 g/mol. The summed E-state index contributed by atoms with van der Waals surface area (Å²) in [6.07, 6.45) is 0. The van der Waals surface area contributed by atoms with E-state index in [4.69, 9.17) is 5.73 Å². The molecule has 2 nitrogen and oxygen atoms in total. The van der Waals surface area contributed by atoms with E-state index in [9.17, 15) is 13.2 Å². The Hall–Kier alpha value is -2.01. The van der Waals surface area contributed by atoms with Gasteiger partial charge < -0.3 is 11.1 Å². The summed E-state index contributed by atoms with van der Waals surface area (Å²) in [4.78, 5) is 0. The number of nitrogens with two attached hydrogens (primary N) is 1. The Labute approximate surface area is 109 Å². The van der Waals surface area contributed by atoms with E-state index in [1.807, 2.05) is 0 Å². The van der Waals surface area contributed by atoms with Crippen molar-refractivity contribution in [2.45, 2.75) is 6.04 Å². The summed E-state index contributed by atoms with van der Waals surface area (Å²) < 4.78 is 39.9. The van der Waals surface area contributed by atoms with Gasteiger partial charge in [0.1, 0.15) is 5.82 Å². The number of anilines is 1. The number of hydrogen-bond donors (Lipinski definition) is 2. The fraction of sp³-hybridized carbons (Fsp3) is 0.143. The Morgan fingerprint density at radius 1 is 1.05 bits per heavy atom. The Kier molecular flexibility index (Phi) is 4.06. The third-order valence-corrected chi connectivity index (χ3v) is 2.76. The molecule has 0 fully saturated rings. The first kappa shape index (κ1) is 13.4. The lowest BCUT2D eigenvalue weighted by molar-refractivity contribution is 0.492. The molecule has 1 atom stereocenters. The van der Waals surface area contributed by atoms with Gasteiger partial charge in [0.15, 0.2) is 11.6 Å². The van der Waals surface area contributed by atoms with Gasteiger partial charge in [0.2, 0.25) is 0 Å². The lowest BCUT2D eigenvalue weighted by Crippen LogP contribution is -2.22. The standard InChI is InChI=1S/C14H13F3N2/c15-9-3-1-4-10(7-9)19-13(8-18)11-5-2-6-12(16)14(11)17/h1-7,13,19H,8,18H2. The van der Waals surface area contributed by atoms with Gasteiger partial charge in [0, 0.05) is 17.8 Å². The van der Waals surface area contributed by atoms with Gasteiger partial charge in [-0.1, -0.05) is 18.2 Å². The molecule has 2 aromatic carbocycles. The monoisotopic (exact) mass is 266 g/mol. The van der Waals surface area contributed by atoms with Crippen LogP contribution in [-0.4, -0.2) is 6.54 Å². The molecule has 0 aromatic heterocycles. The van der Waals surface area contributed by atoms with Gasteiger partial charge in [-0.15, -0.1) is 0 Å². The molecule has 0 heterocycles. The van der Waals surface area contributed by atoms with Crippen molar-refractivity contribution in [3.63, 3.8) is 0 Å². The van der Waals surface area contributed by atoms with Crippen LogP contribution in [0.5, 0.6) is 0 Å². The van der Waals surface area contributed by atoms with Gasteiger partial charge in [-0.3, -0.25) is 0 Å². The van der Waals surface area contributed by atoms with Crippen LogP contribution in [0.2, 0.25) is 0 Å². The van der Waals surface area contributed by atoms with Gasteiger partial charge in [-0.2, -0.15) is 0 Å². The van der Waals surface area contributed by atoms with Crippen LogP contribution in [0, 0.1) is 17.5 Å². The number of hydrogen-bond acceptors (Lipinski definition) is 2. The van der Waals surface area contributed by atoms with E-state index in [1.165, 1.54) is 30.3 Å². The van der Waals surface area contributed by atoms with Crippen molar-refractivity contribution in [2.24, 2.45) is 5.73 Å². The van der Waals surface area contributed by atoms with Crippen molar-refractivity contribution in [2.75, 3.05) is 11.9 Å². The Morgan fingerprint density at radius 3 is 2.47 bits per heavy atom. The van der Waals surface area contributed by atoms with E-state index in [1.54, 1.807) is 6.07 Å². The second-order valence-corrected chi connectivity index (χ2v) is 4.09. The maximum Gasteiger partial charge on any atom is 0.164 e. The Balaban J connectivity index is 2.28. The van der Waals surface area contributed by atoms with Crippen LogP contribution < -0.4 is 11.1 Å². The molecule has 2 aromatic rings. The highest BCUT2D eigenvalue weighted by molar-refractivity contribution is 5.46. The Bertz CT molecular complexity index is 572. The molecule has 0 bridgehead atoms. The van der Waals surface area contributed by atoms with Gasteiger partial charge in [0.25, 0.3) is 0 Å². The molecule has 2 rings (SSSR count). The molecule has 0 radical (unpaired) electrons. The van der Waals surface area contributed by atoms with Crippen LogP contribution >= 0.6 is 0 Å². The topological polar surface area (TPSA) is 38.0 Å². The van der Waals surface area contributed by atoms with Crippen molar-refractivity contribution in [3.8, 4) is 0 Å². The van der Waals surface area contributed by atoms with Crippen LogP contribution in [0.4, 0.5) is 18.9 Å². The molecule has 0 saturated carbocycles. The Morgan fingerprint density at radius 2 is 1.79 bits per heavy atom. The molecule has 3 N–H and O–H groups in total. The number of rotatable bonds is 4. The quantitative estimate of drug-likeness (QED) is 0.891. The number of nitrogens with one attached hydrogen (secondary N) is 1. The fourth-order valence-electron chi connectivity index (χ4n) is 1.83. The highest BCUT2D eigenvalue weighted by Crippen LogP contribution is 2.23. The van der Waals surface area contributed by atoms with Gasteiger partial charge in [-0.05, 0) is 24.3 Å². The van der Waals surface area contributed by atoms with Crippen LogP contribution in [0.3, 0.4) is 0 Å². The summed E-state index contributed by atoms with van der Waals surface area (Å²) in [6, 6.07) is 8.97. The molecule has 0 amide bonds. The predicted molar refractivity (Wildman–Crippen MR) is 68.2 cm³/mol. The van der Waals surface area contributed by atoms with Crippen LogP contribution in [0.25, 0.3) is 0 Å². The van der Waals surface area contributed by atoms with Crippen molar-refractivity contribution in [1.82, 2.24) is 0 Å². The highest BCUT2D eigenvalue weighted by Gasteiger charge is 2.16. The molecule has 0 spiro atoms. The van der Waals surface area contributed by atoms with E-state index in [0.29, 0.717) is 5.69 Å². The first-order valence-electron chi connectivity index (χ1n) is 5.78. The van der Waals surface area contributed by atoms with Gasteiger partial charge in [0.05, 0.1) is 6.04 Å². The molecule has 19 heavy (non-hydrogen) atoms. The normalized spacial score (nSPS) is 12.2. The van der Waals surface area contributed by atoms with E-state index in [-0.39, 0.29) is 12.1 Å². The summed E-state index contributed by atoms with van der Waals surface area (Å²) in [7, 11) is 0. The summed E-state index contributed by atoms with van der Waals surface area (Å²) >= 11 is 0. The van der Waals surface area contributed by atoms with Gasteiger partial charge in [-0.25, -0.2) is 13.2 Å². The first-order chi connectivity index (χ1) is 9.11. The molecular weight excluding hydrogens is 253 g/mol. The summed E-state index contributed by atoms with van der Waals surface area (Å²) in [5, 5.41) is 2.88. The molecule has 0 aliphatic carbocycles. The largest absolute Gasteiger partial charge is 0.377 e. The first-order valence-corrected chi connectivity index (χ1v) is 5.78. The zero-order valence-corrected chi connectivity index (χ0v) is 10.0.